The van der Waals surface area contributed by atoms with Crippen LogP contribution in [0.15, 0.2) is 10.8 Å². The van der Waals surface area contributed by atoms with Gasteiger partial charge in [-0.05, 0) is 11.5 Å². The van der Waals surface area contributed by atoms with Crippen molar-refractivity contribution in [1.82, 2.24) is 10.5 Å². The SMILES string of the molecule is [c]1conc1C[SH]1CCNCC1. The minimum Gasteiger partial charge on any atom is -0.364 e. The van der Waals surface area contributed by atoms with Gasteiger partial charge in [-0.1, -0.05) is 5.16 Å². The lowest BCUT2D eigenvalue weighted by Gasteiger charge is -2.25. The fourth-order valence-corrected chi connectivity index (χ4v) is 3.43. The molecule has 1 radical (unpaired) electrons. The van der Waals surface area contributed by atoms with E-state index in [0.717, 1.165) is 11.4 Å². The summed E-state index contributed by atoms with van der Waals surface area (Å²) in [4.78, 5) is 0. The van der Waals surface area contributed by atoms with Crippen LogP contribution in [0.5, 0.6) is 0 Å². The lowest BCUT2D eigenvalue weighted by atomic mass is 10.5. The van der Waals surface area contributed by atoms with Gasteiger partial charge in [0.2, 0.25) is 0 Å². The molecule has 0 unspecified atom stereocenters. The molecule has 1 aromatic rings. The van der Waals surface area contributed by atoms with Crippen LogP contribution in [0.1, 0.15) is 5.69 Å². The maximum absolute atomic E-state index is 4.75. The Balaban J connectivity index is 1.86. The maximum atomic E-state index is 4.75. The fraction of sp³-hybridized carbons (Fsp3) is 0.625. The third kappa shape index (κ3) is 2.01. The molecule has 2 heterocycles. The highest BCUT2D eigenvalue weighted by Crippen LogP contribution is 2.29. The van der Waals surface area contributed by atoms with E-state index in [1.807, 2.05) is 0 Å². The minimum atomic E-state index is 0.161. The largest absolute Gasteiger partial charge is 0.364 e. The van der Waals surface area contributed by atoms with Crippen LogP contribution in [0, 0.1) is 6.07 Å². The van der Waals surface area contributed by atoms with E-state index in [1.165, 1.54) is 30.9 Å². The Morgan fingerprint density at radius 2 is 2.42 bits per heavy atom. The lowest BCUT2D eigenvalue weighted by Crippen LogP contribution is -2.29. The molecule has 0 spiro atoms. The Bertz CT molecular complexity index is 219. The van der Waals surface area contributed by atoms with Crippen molar-refractivity contribution in [3.8, 4) is 0 Å². The van der Waals surface area contributed by atoms with Crippen LogP contribution in [0.2, 0.25) is 0 Å². The highest BCUT2D eigenvalue weighted by Gasteiger charge is 2.10. The average molecular weight is 185 g/mol. The molecule has 3 nitrogen and oxygen atoms in total. The zero-order valence-electron chi connectivity index (χ0n) is 6.92. The molecule has 12 heavy (non-hydrogen) atoms. The van der Waals surface area contributed by atoms with Gasteiger partial charge in [0.15, 0.2) is 0 Å². The predicted molar refractivity (Wildman–Crippen MR) is 50.6 cm³/mol. The number of aromatic nitrogens is 1. The summed E-state index contributed by atoms with van der Waals surface area (Å²) in [5.74, 6) is 3.72. The summed E-state index contributed by atoms with van der Waals surface area (Å²) in [5, 5.41) is 7.23. The van der Waals surface area contributed by atoms with E-state index < -0.39 is 0 Å². The number of nitrogens with zero attached hydrogens (tertiary/aromatic N) is 1. The van der Waals surface area contributed by atoms with Gasteiger partial charge in [-0.25, -0.2) is 10.9 Å². The van der Waals surface area contributed by atoms with Crippen molar-refractivity contribution in [2.75, 3.05) is 24.6 Å². The Hall–Kier alpha value is -0.480. The van der Waals surface area contributed by atoms with Crippen molar-refractivity contribution in [2.45, 2.75) is 5.75 Å². The summed E-state index contributed by atoms with van der Waals surface area (Å²) in [5.41, 5.74) is 1.00. The van der Waals surface area contributed by atoms with E-state index in [0.29, 0.717) is 0 Å². The minimum absolute atomic E-state index is 0.161. The summed E-state index contributed by atoms with van der Waals surface area (Å²) < 4.78 is 4.75. The van der Waals surface area contributed by atoms with Crippen LogP contribution in [-0.4, -0.2) is 29.8 Å². The maximum Gasteiger partial charge on any atom is 0.132 e. The number of thiol groups is 1. The first-order chi connectivity index (χ1) is 5.95. The van der Waals surface area contributed by atoms with Crippen LogP contribution in [0.3, 0.4) is 0 Å². The van der Waals surface area contributed by atoms with Gasteiger partial charge in [0.25, 0.3) is 0 Å². The molecule has 2 rings (SSSR count). The topological polar surface area (TPSA) is 38.1 Å². The van der Waals surface area contributed by atoms with E-state index >= 15 is 0 Å². The average Bonchev–Trinajstić information content (AvgIpc) is 2.59. The van der Waals surface area contributed by atoms with E-state index in [-0.39, 0.29) is 10.9 Å². The molecule has 4 heteroatoms. The summed E-state index contributed by atoms with van der Waals surface area (Å²) in [6, 6.07) is 3.00. The van der Waals surface area contributed by atoms with Crippen LogP contribution >= 0.6 is 10.9 Å². The monoisotopic (exact) mass is 185 g/mol. The van der Waals surface area contributed by atoms with Crippen molar-refractivity contribution in [3.05, 3.63) is 18.0 Å². The van der Waals surface area contributed by atoms with Gasteiger partial charge in [0.1, 0.15) is 6.26 Å². The van der Waals surface area contributed by atoms with Gasteiger partial charge in [-0.2, -0.15) is 0 Å². The van der Waals surface area contributed by atoms with Crippen molar-refractivity contribution < 1.29 is 4.52 Å². The summed E-state index contributed by atoms with van der Waals surface area (Å²) in [6.45, 7) is 2.34. The molecule has 0 aromatic carbocycles. The van der Waals surface area contributed by atoms with Gasteiger partial charge < -0.3 is 9.84 Å². The van der Waals surface area contributed by atoms with Crippen molar-refractivity contribution in [1.29, 1.82) is 0 Å². The zero-order valence-corrected chi connectivity index (χ0v) is 7.81. The molecule has 1 aromatic heterocycles. The molecule has 1 aliphatic heterocycles. The molecule has 0 saturated carbocycles. The fourth-order valence-electron chi connectivity index (χ4n) is 1.37. The Kier molecular flexibility index (Phi) is 2.68. The first-order valence-electron chi connectivity index (χ1n) is 4.19. The standard InChI is InChI=1S/C8H13N2OS/c1-4-11-10-8(1)7-12-5-2-9-3-6-12/h4,9,12H,2-3,5-7H2. The Labute approximate surface area is 74.9 Å². The van der Waals surface area contributed by atoms with E-state index in [2.05, 4.69) is 16.5 Å². The van der Waals surface area contributed by atoms with Gasteiger partial charge in [0.05, 0.1) is 11.8 Å². The van der Waals surface area contributed by atoms with Gasteiger partial charge in [-0.15, -0.1) is 0 Å². The zero-order chi connectivity index (χ0) is 8.23. The second-order valence-electron chi connectivity index (χ2n) is 2.93. The van der Waals surface area contributed by atoms with Crippen LogP contribution in [0.25, 0.3) is 0 Å². The first kappa shape index (κ1) is 8.13. The third-order valence-electron chi connectivity index (χ3n) is 2.02. The molecule has 0 bridgehead atoms. The Morgan fingerprint density at radius 1 is 1.58 bits per heavy atom. The Morgan fingerprint density at radius 3 is 3.08 bits per heavy atom. The van der Waals surface area contributed by atoms with Gasteiger partial charge >= 0.3 is 0 Å². The van der Waals surface area contributed by atoms with Crippen molar-refractivity contribution in [3.63, 3.8) is 0 Å². The normalized spacial score (nSPS) is 21.2. The van der Waals surface area contributed by atoms with Gasteiger partial charge in [-0.3, -0.25) is 0 Å². The van der Waals surface area contributed by atoms with Crippen molar-refractivity contribution in [2.24, 2.45) is 0 Å². The molecular formula is C8H13N2OS. The quantitative estimate of drug-likeness (QED) is 0.662. The summed E-state index contributed by atoms with van der Waals surface area (Å²) in [6.07, 6.45) is 1.53. The first-order valence-corrected chi connectivity index (χ1v) is 6.09. The second-order valence-corrected chi connectivity index (χ2v) is 5.48. The highest BCUT2D eigenvalue weighted by atomic mass is 32.2. The molecule has 67 valence electrons. The summed E-state index contributed by atoms with van der Waals surface area (Å²) >= 11 is 0. The number of hydrogen-bond donors (Lipinski definition) is 2. The van der Waals surface area contributed by atoms with Crippen LogP contribution in [0.4, 0.5) is 0 Å². The van der Waals surface area contributed by atoms with Crippen LogP contribution in [-0.2, 0) is 5.75 Å². The molecule has 0 atom stereocenters. The molecule has 1 aliphatic rings. The van der Waals surface area contributed by atoms with E-state index in [9.17, 15) is 0 Å². The molecule has 0 amide bonds. The molecular weight excluding hydrogens is 172 g/mol. The molecule has 1 fully saturated rings. The summed E-state index contributed by atoms with van der Waals surface area (Å²) in [7, 11) is 0.161. The van der Waals surface area contributed by atoms with E-state index in [1.54, 1.807) is 0 Å². The third-order valence-corrected chi connectivity index (χ3v) is 4.48. The number of rotatable bonds is 2. The smallest absolute Gasteiger partial charge is 0.132 e. The van der Waals surface area contributed by atoms with E-state index in [4.69, 9.17) is 4.52 Å². The number of nitrogens with one attached hydrogen (secondary N) is 1. The van der Waals surface area contributed by atoms with Crippen molar-refractivity contribution >= 4 is 10.9 Å². The molecule has 0 aliphatic carbocycles. The highest BCUT2D eigenvalue weighted by molar-refractivity contribution is 8.16. The predicted octanol–water partition coefficient (Wildman–Crippen LogP) is 0.579. The number of hydrogen-bond acceptors (Lipinski definition) is 3. The molecule has 1 saturated heterocycles. The lowest BCUT2D eigenvalue weighted by molar-refractivity contribution is 0.414. The van der Waals surface area contributed by atoms with Crippen LogP contribution < -0.4 is 5.32 Å². The second kappa shape index (κ2) is 3.96. The van der Waals surface area contributed by atoms with Gasteiger partial charge in [0, 0.05) is 18.8 Å². The molecule has 1 N–H and O–H groups in total.